The third kappa shape index (κ3) is 14.6. The van der Waals surface area contributed by atoms with Crippen LogP contribution in [0.4, 0.5) is 0 Å². The molecule has 0 aromatic rings. The van der Waals surface area contributed by atoms with Gasteiger partial charge in [0, 0.05) is 38.3 Å². The van der Waals surface area contributed by atoms with E-state index in [0.29, 0.717) is 25.3 Å². The SMILES string of the molecule is CC(N)=O.CCN(CC)C(=O)CCSC(=O)/C=C/C(=O)OC. The molecular weight excluding hydrogens is 308 g/mol. The predicted octanol–water partition coefficient (Wildman–Crippen LogP) is 0.726. The highest BCUT2D eigenvalue weighted by molar-refractivity contribution is 8.14. The van der Waals surface area contributed by atoms with Gasteiger partial charge in [-0.15, -0.1) is 0 Å². The van der Waals surface area contributed by atoms with E-state index in [1.165, 1.54) is 14.0 Å². The number of primary amides is 1. The van der Waals surface area contributed by atoms with Crippen LogP contribution in [0.5, 0.6) is 0 Å². The van der Waals surface area contributed by atoms with Gasteiger partial charge in [0.25, 0.3) is 0 Å². The number of amides is 2. The van der Waals surface area contributed by atoms with Crippen LogP contribution in [0, 0.1) is 0 Å². The van der Waals surface area contributed by atoms with Crippen LogP contribution in [-0.2, 0) is 23.9 Å². The van der Waals surface area contributed by atoms with Crippen LogP contribution in [0.15, 0.2) is 12.2 Å². The summed E-state index contributed by atoms with van der Waals surface area (Å²) >= 11 is 1.01. The van der Waals surface area contributed by atoms with Crippen molar-refractivity contribution in [3.8, 4) is 0 Å². The van der Waals surface area contributed by atoms with Gasteiger partial charge in [-0.25, -0.2) is 4.79 Å². The largest absolute Gasteiger partial charge is 0.466 e. The average Bonchev–Trinajstić information content (AvgIpc) is 2.45. The van der Waals surface area contributed by atoms with Crippen molar-refractivity contribution in [3.63, 3.8) is 0 Å². The number of methoxy groups -OCH3 is 1. The van der Waals surface area contributed by atoms with Gasteiger partial charge in [0.15, 0.2) is 0 Å². The molecule has 0 fully saturated rings. The Labute approximate surface area is 135 Å². The molecule has 0 rings (SSSR count). The van der Waals surface area contributed by atoms with Crippen molar-refractivity contribution < 1.29 is 23.9 Å². The Morgan fingerprint density at radius 2 is 1.64 bits per heavy atom. The summed E-state index contributed by atoms with van der Waals surface area (Å²) in [5.74, 6) is -0.444. The highest BCUT2D eigenvalue weighted by Crippen LogP contribution is 2.07. The van der Waals surface area contributed by atoms with Gasteiger partial charge in [-0.05, 0) is 19.9 Å². The number of carbonyl (C=O) groups excluding carboxylic acids is 4. The number of esters is 1. The third-order valence-corrected chi connectivity index (χ3v) is 3.06. The van der Waals surface area contributed by atoms with Gasteiger partial charge < -0.3 is 15.4 Å². The Balaban J connectivity index is 0. The molecule has 2 amide bonds. The summed E-state index contributed by atoms with van der Waals surface area (Å²) in [6.07, 6.45) is 2.55. The van der Waals surface area contributed by atoms with Crippen LogP contribution >= 0.6 is 11.8 Å². The van der Waals surface area contributed by atoms with Crippen molar-refractivity contribution in [3.05, 3.63) is 12.2 Å². The van der Waals surface area contributed by atoms with Crippen molar-refractivity contribution in [2.75, 3.05) is 26.0 Å². The number of nitrogens with zero attached hydrogens (tertiary/aromatic N) is 1. The summed E-state index contributed by atoms with van der Waals surface area (Å²) in [6.45, 7) is 6.49. The fraction of sp³-hybridized carbons (Fsp3) is 0.571. The summed E-state index contributed by atoms with van der Waals surface area (Å²) in [4.78, 5) is 44.6. The molecule has 0 saturated carbocycles. The Morgan fingerprint density at radius 1 is 1.14 bits per heavy atom. The molecule has 0 aliphatic rings. The van der Waals surface area contributed by atoms with E-state index in [0.717, 1.165) is 23.9 Å². The molecule has 0 unspecified atom stereocenters. The van der Waals surface area contributed by atoms with E-state index >= 15 is 0 Å². The second-order valence-corrected chi connectivity index (χ2v) is 5.05. The molecule has 8 heteroatoms. The zero-order valence-electron chi connectivity index (χ0n) is 13.5. The molecule has 0 aliphatic heterocycles. The van der Waals surface area contributed by atoms with Crippen LogP contribution in [0.2, 0.25) is 0 Å². The van der Waals surface area contributed by atoms with Gasteiger partial charge >= 0.3 is 5.97 Å². The molecule has 0 saturated heterocycles. The zero-order chi connectivity index (χ0) is 17.5. The molecule has 0 bridgehead atoms. The van der Waals surface area contributed by atoms with Gasteiger partial charge in [-0.3, -0.25) is 14.4 Å². The lowest BCUT2D eigenvalue weighted by Crippen LogP contribution is -2.30. The maximum Gasteiger partial charge on any atom is 0.330 e. The average molecular weight is 332 g/mol. The minimum atomic E-state index is -0.567. The number of ether oxygens (including phenoxy) is 1. The molecule has 7 nitrogen and oxygen atoms in total. The summed E-state index contributed by atoms with van der Waals surface area (Å²) in [6, 6.07) is 0. The first-order valence-electron chi connectivity index (χ1n) is 6.74. The van der Waals surface area contributed by atoms with E-state index < -0.39 is 5.97 Å². The summed E-state index contributed by atoms with van der Waals surface area (Å²) < 4.78 is 4.36. The van der Waals surface area contributed by atoms with E-state index in [-0.39, 0.29) is 16.9 Å². The Kier molecular flexibility index (Phi) is 14.4. The molecule has 0 spiro atoms. The van der Waals surface area contributed by atoms with Crippen molar-refractivity contribution in [1.82, 2.24) is 4.90 Å². The minimum absolute atomic E-state index is 0.0391. The molecule has 0 aromatic heterocycles. The molecule has 0 aromatic carbocycles. The van der Waals surface area contributed by atoms with Gasteiger partial charge in [-0.2, -0.15) is 0 Å². The van der Waals surface area contributed by atoms with E-state index in [9.17, 15) is 19.2 Å². The Bertz CT molecular complexity index is 402. The highest BCUT2D eigenvalue weighted by atomic mass is 32.2. The molecule has 2 N–H and O–H groups in total. The molecule has 0 radical (unpaired) electrons. The van der Waals surface area contributed by atoms with E-state index in [1.54, 1.807) is 4.90 Å². The summed E-state index contributed by atoms with van der Waals surface area (Å²) in [5.41, 5.74) is 4.47. The fourth-order valence-electron chi connectivity index (χ4n) is 1.23. The monoisotopic (exact) mass is 332 g/mol. The lowest BCUT2D eigenvalue weighted by Gasteiger charge is -2.17. The predicted molar refractivity (Wildman–Crippen MR) is 86.0 cm³/mol. The molecular formula is C14H24N2O5S. The maximum atomic E-state index is 11.6. The van der Waals surface area contributed by atoms with Crippen LogP contribution in [-0.4, -0.2) is 53.8 Å². The molecule has 0 aliphatic carbocycles. The number of hydrogen-bond donors (Lipinski definition) is 1. The van der Waals surface area contributed by atoms with Gasteiger partial charge in [0.05, 0.1) is 7.11 Å². The number of carbonyl (C=O) groups is 4. The standard InChI is InChI=1S/C12H19NO4S.C2H5NO/c1-4-13(5-2)10(14)8-9-18-12(16)7-6-11(15)17-3;1-2(3)4/h6-7H,4-5,8-9H2,1-3H3;1H3,(H2,3,4)/b7-6+;. The fourth-order valence-corrected chi connectivity index (χ4v) is 1.87. The lowest BCUT2D eigenvalue weighted by molar-refractivity contribution is -0.135. The van der Waals surface area contributed by atoms with Crippen LogP contribution in [0.3, 0.4) is 0 Å². The molecule has 0 atom stereocenters. The number of nitrogens with two attached hydrogens (primary N) is 1. The number of hydrogen-bond acceptors (Lipinski definition) is 6. The number of thioether (sulfide) groups is 1. The maximum absolute atomic E-state index is 11.6. The molecule has 0 heterocycles. The Morgan fingerprint density at radius 3 is 2.05 bits per heavy atom. The Hall–Kier alpha value is -1.83. The van der Waals surface area contributed by atoms with Crippen molar-refractivity contribution in [2.24, 2.45) is 5.73 Å². The van der Waals surface area contributed by atoms with E-state index in [1.807, 2.05) is 13.8 Å². The quantitative estimate of drug-likeness (QED) is 0.544. The van der Waals surface area contributed by atoms with Crippen molar-refractivity contribution in [2.45, 2.75) is 27.2 Å². The second-order valence-electron chi connectivity index (χ2n) is 3.95. The van der Waals surface area contributed by atoms with Crippen molar-refractivity contribution in [1.29, 1.82) is 0 Å². The van der Waals surface area contributed by atoms with Crippen LogP contribution < -0.4 is 5.73 Å². The summed E-state index contributed by atoms with van der Waals surface area (Å²) in [5, 5.41) is -0.257. The third-order valence-electron chi connectivity index (χ3n) is 2.23. The van der Waals surface area contributed by atoms with E-state index in [2.05, 4.69) is 10.5 Å². The highest BCUT2D eigenvalue weighted by Gasteiger charge is 2.09. The first-order valence-corrected chi connectivity index (χ1v) is 7.73. The van der Waals surface area contributed by atoms with Crippen molar-refractivity contribution >= 4 is 34.7 Å². The van der Waals surface area contributed by atoms with Gasteiger partial charge in [0.1, 0.15) is 0 Å². The second kappa shape index (κ2) is 14.1. The first-order chi connectivity index (χ1) is 10.3. The van der Waals surface area contributed by atoms with Gasteiger partial charge in [-0.1, -0.05) is 11.8 Å². The van der Waals surface area contributed by atoms with E-state index in [4.69, 9.17) is 0 Å². The van der Waals surface area contributed by atoms with Crippen LogP contribution in [0.1, 0.15) is 27.2 Å². The normalized spacial score (nSPS) is 9.64. The smallest absolute Gasteiger partial charge is 0.330 e. The zero-order valence-corrected chi connectivity index (χ0v) is 14.3. The van der Waals surface area contributed by atoms with Crippen LogP contribution in [0.25, 0.3) is 0 Å². The lowest BCUT2D eigenvalue weighted by atomic mass is 10.4. The first kappa shape index (κ1) is 22.5. The van der Waals surface area contributed by atoms with Gasteiger partial charge in [0.2, 0.25) is 16.9 Å². The molecule has 126 valence electrons. The topological polar surface area (TPSA) is 107 Å². The minimum Gasteiger partial charge on any atom is -0.466 e. The number of rotatable bonds is 7. The molecule has 22 heavy (non-hydrogen) atoms. The summed E-state index contributed by atoms with van der Waals surface area (Å²) in [7, 11) is 1.24.